The number of rotatable bonds is 5. The largest absolute Gasteiger partial charge is 0.492 e. The minimum atomic E-state index is -4.69. The maximum absolute atomic E-state index is 13.9. The lowest BCUT2D eigenvalue weighted by molar-refractivity contribution is -0.146. The third-order valence-electron chi connectivity index (χ3n) is 6.26. The first kappa shape index (κ1) is 27.3. The molecule has 0 amide bonds. The van der Waals surface area contributed by atoms with E-state index in [1.807, 2.05) is 0 Å². The number of nitrogens with one attached hydrogen (secondary N) is 1. The molecule has 0 saturated carbocycles. The van der Waals surface area contributed by atoms with Crippen LogP contribution in [-0.2, 0) is 6.18 Å². The molecule has 0 bridgehead atoms. The van der Waals surface area contributed by atoms with Crippen LogP contribution in [0.5, 0.6) is 5.88 Å². The number of thiazole rings is 1. The Bertz CT molecular complexity index is 1520. The van der Waals surface area contributed by atoms with E-state index in [1.54, 1.807) is 29.3 Å². The van der Waals surface area contributed by atoms with Gasteiger partial charge in [-0.15, -0.1) is 0 Å². The summed E-state index contributed by atoms with van der Waals surface area (Å²) >= 11 is 6.91. The molecule has 3 heterocycles. The highest BCUT2D eigenvalue weighted by molar-refractivity contribution is 7.17. The predicted octanol–water partition coefficient (Wildman–Crippen LogP) is 6.67. The van der Waals surface area contributed by atoms with Crippen LogP contribution in [0.25, 0.3) is 22.6 Å². The van der Waals surface area contributed by atoms with Crippen LogP contribution in [0.1, 0.15) is 21.6 Å². The van der Waals surface area contributed by atoms with Gasteiger partial charge < -0.3 is 10.0 Å². The molecule has 0 unspecified atom stereocenters. The van der Waals surface area contributed by atoms with Gasteiger partial charge in [0.1, 0.15) is 4.88 Å². The Morgan fingerprint density at radius 2 is 1.79 bits per heavy atom. The van der Waals surface area contributed by atoms with Gasteiger partial charge in [-0.05, 0) is 41.5 Å². The van der Waals surface area contributed by atoms with Gasteiger partial charge in [0.15, 0.2) is 5.13 Å². The van der Waals surface area contributed by atoms with Gasteiger partial charge in [-0.25, -0.2) is 0 Å². The molecule has 5 rings (SSSR count). The molecule has 4 aromatic rings. The molecule has 2 aromatic heterocycles. The summed E-state index contributed by atoms with van der Waals surface area (Å²) in [5.41, 5.74) is 0.396. The number of aromatic nitrogens is 3. The van der Waals surface area contributed by atoms with Crippen molar-refractivity contribution in [3.63, 3.8) is 0 Å². The van der Waals surface area contributed by atoms with Gasteiger partial charge in [-0.1, -0.05) is 35.1 Å². The van der Waals surface area contributed by atoms with Gasteiger partial charge in [-0.2, -0.15) is 36.4 Å². The summed E-state index contributed by atoms with van der Waals surface area (Å²) in [6.07, 6.45) is -6.11. The highest BCUT2D eigenvalue weighted by atomic mass is 35.5. The van der Waals surface area contributed by atoms with E-state index in [0.717, 1.165) is 17.4 Å². The fraction of sp³-hybridized carbons (Fsp3) is 0.280. The molecule has 1 fully saturated rings. The maximum atomic E-state index is 13.9. The zero-order chi connectivity index (χ0) is 27.9. The zero-order valence-electron chi connectivity index (χ0n) is 19.9. The average Bonchev–Trinajstić information content (AvgIpc) is 3.48. The highest BCUT2D eigenvalue weighted by Crippen LogP contribution is 2.42. The number of halogens is 7. The van der Waals surface area contributed by atoms with Crippen LogP contribution >= 0.6 is 22.9 Å². The number of H-pyrrole nitrogens is 1. The van der Waals surface area contributed by atoms with Crippen molar-refractivity contribution in [2.75, 3.05) is 37.6 Å². The van der Waals surface area contributed by atoms with Crippen molar-refractivity contribution < 1.29 is 31.4 Å². The fourth-order valence-corrected chi connectivity index (χ4v) is 5.63. The first-order valence-corrected chi connectivity index (χ1v) is 12.8. The number of nitrogens with zero attached hydrogens (tertiary/aromatic N) is 4. The van der Waals surface area contributed by atoms with Crippen molar-refractivity contribution in [2.24, 2.45) is 0 Å². The second-order valence-electron chi connectivity index (χ2n) is 8.99. The molecule has 2 N–H and O–H groups in total. The third kappa shape index (κ3) is 6.15. The molecule has 39 heavy (non-hydrogen) atoms. The van der Waals surface area contributed by atoms with E-state index < -0.39 is 30.3 Å². The number of alkyl halides is 6. The molecule has 1 saturated heterocycles. The van der Waals surface area contributed by atoms with Crippen molar-refractivity contribution in [1.82, 2.24) is 20.1 Å². The molecule has 206 valence electrons. The predicted molar refractivity (Wildman–Crippen MR) is 138 cm³/mol. The summed E-state index contributed by atoms with van der Waals surface area (Å²) in [5, 5.41) is 18.6. The second-order valence-corrected chi connectivity index (χ2v) is 10.4. The van der Waals surface area contributed by atoms with Gasteiger partial charge >= 0.3 is 12.4 Å². The zero-order valence-corrected chi connectivity index (χ0v) is 21.5. The lowest BCUT2D eigenvalue weighted by atomic mass is 9.98. The van der Waals surface area contributed by atoms with Gasteiger partial charge in [0.2, 0.25) is 5.88 Å². The Labute approximate surface area is 227 Å². The minimum Gasteiger partial charge on any atom is -0.492 e. The maximum Gasteiger partial charge on any atom is 0.417 e. The van der Waals surface area contributed by atoms with Crippen LogP contribution in [0, 0.1) is 0 Å². The van der Waals surface area contributed by atoms with E-state index in [2.05, 4.69) is 15.2 Å². The standard InChI is InChI=1S/C25H20ClF6N5OS/c26-17-3-1-15(19(11-17)25(30,31)32)10-18(14-2-4-20-16(9-14)12-33-35-20)21-22(38)34-23(39-21)37-7-5-36(6-8-37)13-24(27,28)29/h1-4,9-12,38H,5-8,13H2,(H,33,35). The summed E-state index contributed by atoms with van der Waals surface area (Å²) in [6, 6.07) is 8.56. The van der Waals surface area contributed by atoms with Crippen molar-refractivity contribution in [3.05, 3.63) is 69.2 Å². The molecule has 1 aliphatic heterocycles. The Morgan fingerprint density at radius 1 is 1.05 bits per heavy atom. The van der Waals surface area contributed by atoms with E-state index >= 15 is 0 Å². The van der Waals surface area contributed by atoms with Crippen LogP contribution < -0.4 is 4.90 Å². The molecular formula is C25H20ClF6N5OS. The number of fused-ring (bicyclic) bond motifs is 1. The lowest BCUT2D eigenvalue weighted by Crippen LogP contribution is -2.49. The summed E-state index contributed by atoms with van der Waals surface area (Å²) in [4.78, 5) is 7.47. The normalized spacial score (nSPS) is 15.9. The highest BCUT2D eigenvalue weighted by Gasteiger charge is 2.34. The summed E-state index contributed by atoms with van der Waals surface area (Å²) in [5.74, 6) is -0.395. The SMILES string of the molecule is Oc1nc(N2CCN(CC(F)(F)F)CC2)sc1C(=Cc1ccc(Cl)cc1C(F)(F)F)c1ccc2[nH]ncc2c1. The first-order valence-electron chi connectivity index (χ1n) is 11.6. The van der Waals surface area contributed by atoms with Gasteiger partial charge in [-0.3, -0.25) is 10.00 Å². The molecular weight excluding hydrogens is 568 g/mol. The number of hydrogen-bond acceptors (Lipinski definition) is 6. The monoisotopic (exact) mass is 587 g/mol. The van der Waals surface area contributed by atoms with Crippen LogP contribution in [0.15, 0.2) is 42.6 Å². The second kappa shape index (κ2) is 10.4. The van der Waals surface area contributed by atoms with Crippen LogP contribution in [0.2, 0.25) is 5.02 Å². The molecule has 0 atom stereocenters. The average molecular weight is 588 g/mol. The molecule has 1 aliphatic rings. The number of piperazine rings is 1. The summed E-state index contributed by atoms with van der Waals surface area (Å²) in [7, 11) is 0. The van der Waals surface area contributed by atoms with Crippen molar-refractivity contribution in [3.8, 4) is 5.88 Å². The van der Waals surface area contributed by atoms with E-state index in [9.17, 15) is 31.4 Å². The van der Waals surface area contributed by atoms with Crippen molar-refractivity contribution in [2.45, 2.75) is 12.4 Å². The van der Waals surface area contributed by atoms with Crippen LogP contribution in [0.3, 0.4) is 0 Å². The van der Waals surface area contributed by atoms with Gasteiger partial charge in [0, 0.05) is 42.2 Å². The first-order chi connectivity index (χ1) is 18.4. The number of benzene rings is 2. The summed E-state index contributed by atoms with van der Waals surface area (Å²) < 4.78 is 79.9. The Balaban J connectivity index is 1.55. The van der Waals surface area contributed by atoms with Gasteiger partial charge in [0.05, 0.1) is 23.8 Å². The molecule has 0 aliphatic carbocycles. The Kier molecular flexibility index (Phi) is 7.25. The van der Waals surface area contributed by atoms with Crippen LogP contribution in [-0.4, -0.2) is 64.1 Å². The van der Waals surface area contributed by atoms with Gasteiger partial charge in [0.25, 0.3) is 0 Å². The molecule has 0 radical (unpaired) electrons. The minimum absolute atomic E-state index is 0.0755. The van der Waals surface area contributed by atoms with E-state index in [1.165, 1.54) is 23.1 Å². The number of hydrogen-bond donors (Lipinski definition) is 2. The fourth-order valence-electron chi connectivity index (χ4n) is 4.41. The smallest absolute Gasteiger partial charge is 0.417 e. The summed E-state index contributed by atoms with van der Waals surface area (Å²) in [6.45, 7) is -0.222. The molecule has 14 heteroatoms. The van der Waals surface area contributed by atoms with Crippen LogP contribution in [0.4, 0.5) is 31.5 Å². The Hall–Kier alpha value is -3.29. The van der Waals surface area contributed by atoms with E-state index in [0.29, 0.717) is 21.6 Å². The Morgan fingerprint density at radius 3 is 2.49 bits per heavy atom. The molecule has 0 spiro atoms. The molecule has 6 nitrogen and oxygen atoms in total. The third-order valence-corrected chi connectivity index (χ3v) is 7.63. The molecule has 2 aromatic carbocycles. The number of aromatic amines is 1. The van der Waals surface area contributed by atoms with Crippen molar-refractivity contribution >= 4 is 50.6 Å². The van der Waals surface area contributed by atoms with E-state index in [-0.39, 0.29) is 47.2 Å². The number of anilines is 1. The van der Waals surface area contributed by atoms with Crippen molar-refractivity contribution in [1.29, 1.82) is 0 Å². The lowest BCUT2D eigenvalue weighted by Gasteiger charge is -2.34. The topological polar surface area (TPSA) is 68.3 Å². The van der Waals surface area contributed by atoms with E-state index in [4.69, 9.17) is 11.6 Å². The quantitative estimate of drug-likeness (QED) is 0.202. The number of aromatic hydroxyl groups is 1.